The second kappa shape index (κ2) is 17.5. The van der Waals surface area contributed by atoms with Crippen LogP contribution in [0.3, 0.4) is 0 Å². The molecule has 0 aliphatic rings. The monoisotopic (exact) mass is 499 g/mol. The molecule has 0 aromatic heterocycles. The minimum atomic E-state index is -4.65. The molecule has 0 saturated heterocycles. The Hall–Kier alpha value is -1.89. The minimum Gasteiger partial charge on any atom is -0.480 e. The van der Waals surface area contributed by atoms with E-state index in [1.165, 1.54) is 88.5 Å². The smallest absolute Gasteiger partial charge is 0.480 e. The predicted molar refractivity (Wildman–Crippen MR) is 133 cm³/mol. The van der Waals surface area contributed by atoms with Crippen LogP contribution in [0.5, 0.6) is 5.75 Å². The van der Waals surface area contributed by atoms with Gasteiger partial charge in [-0.25, -0.2) is 9.36 Å². The number of benzene rings is 1. The van der Waals surface area contributed by atoms with Crippen LogP contribution in [-0.2, 0) is 20.6 Å². The molecule has 0 aliphatic heterocycles. The fraction of sp³-hybridized carbons (Fsp3) is 0.680. The third-order valence-electron chi connectivity index (χ3n) is 5.73. The number of phosphoric ester groups is 1. The van der Waals surface area contributed by atoms with E-state index in [-0.39, 0.29) is 18.1 Å². The van der Waals surface area contributed by atoms with Crippen LogP contribution in [0.4, 0.5) is 0 Å². The first-order valence-electron chi connectivity index (χ1n) is 12.6. The first-order chi connectivity index (χ1) is 16.2. The number of hydrogen-bond acceptors (Lipinski definition) is 4. The van der Waals surface area contributed by atoms with E-state index in [0.29, 0.717) is 12.0 Å². The highest BCUT2D eigenvalue weighted by Gasteiger charge is 2.21. The number of carbonyl (C=O) groups is 2. The molecule has 4 N–H and O–H groups in total. The molecule has 1 aromatic carbocycles. The topological polar surface area (TPSA) is 133 Å². The first-order valence-corrected chi connectivity index (χ1v) is 14.1. The van der Waals surface area contributed by atoms with E-state index in [1.807, 2.05) is 0 Å². The lowest BCUT2D eigenvalue weighted by Gasteiger charge is -2.15. The number of amides is 1. The van der Waals surface area contributed by atoms with E-state index in [2.05, 4.69) is 16.8 Å². The van der Waals surface area contributed by atoms with E-state index < -0.39 is 19.8 Å². The van der Waals surface area contributed by atoms with E-state index in [4.69, 9.17) is 9.79 Å². The van der Waals surface area contributed by atoms with Gasteiger partial charge in [-0.05, 0) is 24.1 Å². The Bertz CT molecular complexity index is 748. The van der Waals surface area contributed by atoms with Crippen molar-refractivity contribution < 1.29 is 33.6 Å². The molecule has 0 heterocycles. The van der Waals surface area contributed by atoms with Gasteiger partial charge in [0, 0.05) is 12.8 Å². The molecule has 1 amide bonds. The summed E-state index contributed by atoms with van der Waals surface area (Å²) in [6.07, 6.45) is 16.2. The quantitative estimate of drug-likeness (QED) is 0.133. The first kappa shape index (κ1) is 30.1. The minimum absolute atomic E-state index is 0.0181. The van der Waals surface area contributed by atoms with Crippen molar-refractivity contribution in [3.8, 4) is 5.75 Å². The molecule has 0 unspecified atom stereocenters. The van der Waals surface area contributed by atoms with Crippen LogP contribution in [0.15, 0.2) is 24.3 Å². The molecule has 0 bridgehead atoms. The number of aliphatic carboxylic acids is 1. The van der Waals surface area contributed by atoms with Crippen molar-refractivity contribution in [2.45, 2.75) is 109 Å². The fourth-order valence-electron chi connectivity index (χ4n) is 3.83. The highest BCUT2D eigenvalue weighted by Crippen LogP contribution is 2.37. The summed E-state index contributed by atoms with van der Waals surface area (Å²) in [4.78, 5) is 41.3. The van der Waals surface area contributed by atoms with Crippen molar-refractivity contribution in [1.82, 2.24) is 5.32 Å². The van der Waals surface area contributed by atoms with Crippen LogP contribution >= 0.6 is 7.82 Å². The van der Waals surface area contributed by atoms with Crippen LogP contribution in [0.25, 0.3) is 0 Å². The highest BCUT2D eigenvalue weighted by molar-refractivity contribution is 7.46. The zero-order valence-electron chi connectivity index (χ0n) is 20.4. The van der Waals surface area contributed by atoms with Crippen LogP contribution in [0.1, 0.15) is 102 Å². The van der Waals surface area contributed by atoms with Gasteiger partial charge in [0.05, 0.1) is 0 Å². The SMILES string of the molecule is CCCCCCCCCCCCCCCC(=O)N[C@@H](Cc1ccc(OP(=O)(O)O)cc1)C(=O)O. The number of phosphoric acid groups is 1. The Morgan fingerprint density at radius 3 is 1.76 bits per heavy atom. The van der Waals surface area contributed by atoms with Crippen molar-refractivity contribution >= 4 is 19.7 Å². The van der Waals surface area contributed by atoms with Gasteiger partial charge in [0.25, 0.3) is 0 Å². The maximum atomic E-state index is 12.2. The lowest BCUT2D eigenvalue weighted by atomic mass is 10.0. The zero-order chi connectivity index (χ0) is 25.2. The van der Waals surface area contributed by atoms with E-state index in [1.54, 1.807) is 0 Å². The summed E-state index contributed by atoms with van der Waals surface area (Å²) < 4.78 is 15.3. The Morgan fingerprint density at radius 1 is 0.853 bits per heavy atom. The van der Waals surface area contributed by atoms with Gasteiger partial charge in [-0.2, -0.15) is 0 Å². The van der Waals surface area contributed by atoms with E-state index >= 15 is 0 Å². The third kappa shape index (κ3) is 15.9. The van der Waals surface area contributed by atoms with Crippen LogP contribution in [0.2, 0.25) is 0 Å². The Morgan fingerprint density at radius 2 is 1.32 bits per heavy atom. The number of carbonyl (C=O) groups excluding carboxylic acids is 1. The second-order valence-corrected chi connectivity index (χ2v) is 10.0. The molecule has 194 valence electrons. The summed E-state index contributed by atoms with van der Waals surface area (Å²) in [5, 5.41) is 12.0. The van der Waals surface area contributed by atoms with Gasteiger partial charge >= 0.3 is 13.8 Å². The van der Waals surface area contributed by atoms with Crippen molar-refractivity contribution in [2.75, 3.05) is 0 Å². The summed E-state index contributed by atoms with van der Waals surface area (Å²) in [5.41, 5.74) is 0.603. The number of hydrogen-bond donors (Lipinski definition) is 4. The molecule has 34 heavy (non-hydrogen) atoms. The maximum absolute atomic E-state index is 12.2. The Kier molecular flexibility index (Phi) is 15.5. The zero-order valence-corrected chi connectivity index (χ0v) is 21.3. The Labute approximate surface area is 203 Å². The highest BCUT2D eigenvalue weighted by atomic mass is 31.2. The molecule has 0 saturated carbocycles. The summed E-state index contributed by atoms with van der Waals surface area (Å²) in [6.45, 7) is 2.24. The molecule has 0 aliphatic carbocycles. The van der Waals surface area contributed by atoms with Crippen LogP contribution in [-0.4, -0.2) is 32.8 Å². The van der Waals surface area contributed by atoms with Crippen LogP contribution in [0, 0.1) is 0 Å². The third-order valence-corrected chi connectivity index (χ3v) is 6.18. The van der Waals surface area contributed by atoms with Gasteiger partial charge < -0.3 is 14.9 Å². The lowest BCUT2D eigenvalue weighted by molar-refractivity contribution is -0.141. The number of carboxylic acid groups (broad SMARTS) is 1. The molecule has 0 radical (unpaired) electrons. The van der Waals surface area contributed by atoms with Crippen molar-refractivity contribution in [2.24, 2.45) is 0 Å². The van der Waals surface area contributed by atoms with Gasteiger partial charge in [0.1, 0.15) is 11.8 Å². The molecular weight excluding hydrogens is 457 g/mol. The fourth-order valence-corrected chi connectivity index (χ4v) is 4.23. The molecule has 1 aromatic rings. The largest absolute Gasteiger partial charge is 0.524 e. The van der Waals surface area contributed by atoms with Gasteiger partial charge in [0.15, 0.2) is 0 Å². The molecule has 0 spiro atoms. The van der Waals surface area contributed by atoms with Crippen molar-refractivity contribution in [3.63, 3.8) is 0 Å². The van der Waals surface area contributed by atoms with Gasteiger partial charge in [-0.15, -0.1) is 0 Å². The summed E-state index contributed by atoms with van der Waals surface area (Å²) in [6, 6.07) is 4.66. The molecular formula is C25H42NO7P. The number of unbranched alkanes of at least 4 members (excludes halogenated alkanes) is 12. The van der Waals surface area contributed by atoms with E-state index in [9.17, 15) is 19.3 Å². The van der Waals surface area contributed by atoms with Gasteiger partial charge in [0.2, 0.25) is 5.91 Å². The summed E-state index contributed by atoms with van der Waals surface area (Å²) in [7, 11) is -4.65. The lowest BCUT2D eigenvalue weighted by Crippen LogP contribution is -2.42. The standard InChI is InChI=1S/C25H42NO7P/c1-2-3-4-5-6-7-8-9-10-11-12-13-14-15-24(27)26-23(25(28)29)20-21-16-18-22(19-17-21)33-34(30,31)32/h16-19,23H,2-15,20H2,1H3,(H,26,27)(H,28,29)(H2,30,31,32)/t23-/m0/s1. The van der Waals surface area contributed by atoms with Crippen LogP contribution < -0.4 is 9.84 Å². The van der Waals surface area contributed by atoms with Crippen molar-refractivity contribution in [3.05, 3.63) is 29.8 Å². The molecule has 0 fully saturated rings. The molecule has 9 heteroatoms. The molecule has 1 atom stereocenters. The average molecular weight is 500 g/mol. The normalized spacial score (nSPS) is 12.3. The predicted octanol–water partition coefficient (Wildman–Crippen LogP) is 5.75. The maximum Gasteiger partial charge on any atom is 0.524 e. The van der Waals surface area contributed by atoms with Gasteiger partial charge in [-0.1, -0.05) is 96.1 Å². The van der Waals surface area contributed by atoms with E-state index in [0.717, 1.165) is 19.3 Å². The molecule has 8 nitrogen and oxygen atoms in total. The number of nitrogens with one attached hydrogen (secondary N) is 1. The van der Waals surface area contributed by atoms with Gasteiger partial charge in [-0.3, -0.25) is 14.6 Å². The average Bonchev–Trinajstić information content (AvgIpc) is 2.76. The van der Waals surface area contributed by atoms with Crippen molar-refractivity contribution in [1.29, 1.82) is 0 Å². The number of carboxylic acids is 1. The number of rotatable bonds is 20. The second-order valence-electron chi connectivity index (χ2n) is 8.88. The summed E-state index contributed by atoms with van der Waals surface area (Å²) in [5.74, 6) is -1.43. The summed E-state index contributed by atoms with van der Waals surface area (Å²) >= 11 is 0. The molecule has 1 rings (SSSR count). The Balaban J connectivity index is 2.17.